The number of aliphatic hydroxyl groups excluding tert-OH is 3. The molecule has 0 bridgehead atoms. The second kappa shape index (κ2) is 58.1. The Morgan fingerprint density at radius 3 is 0.911 bits per heavy atom. The van der Waals surface area contributed by atoms with Crippen LogP contribution in [0, 0.1) is 35.5 Å². The highest BCUT2D eigenvalue weighted by Gasteiger charge is 2.40. The number of hydrogen-bond donors (Lipinski definition) is 26. The van der Waals surface area contributed by atoms with Crippen LogP contribution in [0.5, 0.6) is 0 Å². The molecule has 0 radical (unpaired) electrons. The molecule has 0 aromatic carbocycles. The molecule has 0 unspecified atom stereocenters. The highest BCUT2D eigenvalue weighted by molar-refractivity contribution is 6.01. The van der Waals surface area contributed by atoms with Crippen molar-refractivity contribution in [3.05, 3.63) is 0 Å². The molecular formula is C77H138N22O24. The standard InChI is InChI=1S/C77H138N22O24/c1-14-41(12)61(75(121)98-55(35-101)73(119)94-51(31-39(8)9)70(116)96-53(76(122)123)32-40(10)11)99-66(112)44(19-17-27-85-77(83)84)87-67(113)48(28-36(2)3)92-69(115)50(30-38(6)7)91-65(111)47(22-25-59(106)107)89-68(114)49(29-37(4)5)93-71(117)52(33-58(81)105)95-72(118)54(34-100)97-62(108)43(18-15-16-26-78)86-63(109)45(20-23-56(79)103)88-64(110)46(21-24-57(80)104)90-74(120)60(82)42(13)102/h36-55,60-61,100-102H,14-35,78,82H2,1-13H3,(H2,79,103)(H2,80,104)(H2,81,105)(H,86,109)(H,87,113)(H,88,110)(H,89,114)(H,90,120)(H,91,111)(H,92,115)(H,93,117)(H,94,119)(H,95,118)(H,96,116)(H,97,108)(H,98,121)(H,99,112)(H,106,107)(H,122,123)(H4,83,84,85)/t41-,42+,43-,44-,45-,46-,47-,48-,49-,50-,51-,52-,53-,54-,55-,60-,61-/m0/s1. The summed E-state index contributed by atoms with van der Waals surface area (Å²) >= 11 is 0. The van der Waals surface area contributed by atoms with Crippen LogP contribution in [0.3, 0.4) is 0 Å². The van der Waals surface area contributed by atoms with E-state index in [0.717, 1.165) is 0 Å². The molecule has 17 amide bonds. The molecule has 17 atom stereocenters. The smallest absolute Gasteiger partial charge is 0.326 e. The summed E-state index contributed by atoms with van der Waals surface area (Å²) < 4.78 is 0. The van der Waals surface area contributed by atoms with Gasteiger partial charge < -0.3 is 140 Å². The minimum atomic E-state index is -2.01. The van der Waals surface area contributed by atoms with E-state index in [9.17, 15) is 117 Å². The topological polar surface area (TPSA) is 788 Å². The van der Waals surface area contributed by atoms with Crippen LogP contribution in [-0.4, -0.2) is 267 Å². The molecule has 46 nitrogen and oxygen atoms in total. The Balaban J connectivity index is 7.33. The quantitative estimate of drug-likeness (QED) is 0.0153. The Labute approximate surface area is 715 Å². The van der Waals surface area contributed by atoms with Crippen LogP contribution in [0.1, 0.15) is 206 Å². The van der Waals surface area contributed by atoms with E-state index in [1.54, 1.807) is 83.1 Å². The molecule has 33 N–H and O–H groups in total. The summed E-state index contributed by atoms with van der Waals surface area (Å²) in [5.74, 6) is -23.6. The van der Waals surface area contributed by atoms with Gasteiger partial charge in [-0.05, 0) is 132 Å². The molecule has 46 heteroatoms. The van der Waals surface area contributed by atoms with Gasteiger partial charge in [0.2, 0.25) is 100 Å². The number of carboxylic acids is 2. The molecule has 0 rings (SSSR count). The van der Waals surface area contributed by atoms with Crippen LogP contribution < -0.4 is 115 Å². The van der Waals surface area contributed by atoms with Crippen molar-refractivity contribution in [2.45, 2.75) is 302 Å². The number of nitrogens with zero attached hydrogens (tertiary/aromatic N) is 1. The number of carboxylic acid groups (broad SMARTS) is 2. The first kappa shape index (κ1) is 112. The Bertz CT molecular complexity index is 3560. The lowest BCUT2D eigenvalue weighted by Crippen LogP contribution is -2.62. The SMILES string of the molecule is CC[C@H](C)[C@H](NC(=O)[C@H](CCCN=C(N)N)NC(=O)[C@H](CC(C)C)NC(=O)[C@H](CC(C)C)NC(=O)[C@H](CCC(=O)O)NC(=O)[C@H](CC(C)C)NC(=O)[C@H](CC(N)=O)NC(=O)[C@H](CO)NC(=O)[C@H](CCCCN)NC(=O)[C@H](CCC(N)=O)NC(=O)[C@H](CCC(N)=O)NC(=O)[C@@H](N)[C@@H](C)O)C(=O)N[C@@H](CO)C(=O)N[C@@H](CC(C)C)C(=O)N[C@@H](CC(C)C)C(=O)O. The number of carbonyl (C=O) groups is 19. The maximum atomic E-state index is 14.7. The number of rotatable bonds is 63. The third kappa shape index (κ3) is 45.6. The van der Waals surface area contributed by atoms with Crippen LogP contribution in [-0.2, 0) is 91.1 Å². The maximum Gasteiger partial charge on any atom is 0.326 e. The minimum absolute atomic E-state index is 0.0217. The highest BCUT2D eigenvalue weighted by atomic mass is 16.4. The number of amides is 17. The Kier molecular flexibility index (Phi) is 52.9. The Hall–Kier alpha value is -11.0. The van der Waals surface area contributed by atoms with E-state index in [1.165, 1.54) is 6.92 Å². The molecule has 0 saturated heterocycles. The van der Waals surface area contributed by atoms with Crippen molar-refractivity contribution in [2.24, 2.45) is 80.6 Å². The summed E-state index contributed by atoms with van der Waals surface area (Å²) in [7, 11) is 0. The van der Waals surface area contributed by atoms with E-state index in [0.29, 0.717) is 0 Å². The summed E-state index contributed by atoms with van der Waals surface area (Å²) in [5, 5.41) is 84.6. The summed E-state index contributed by atoms with van der Waals surface area (Å²) in [6.45, 7) is 19.2. The first-order valence-corrected chi connectivity index (χ1v) is 41.3. The molecule has 0 spiro atoms. The number of hydrogen-bond acceptors (Lipinski definition) is 25. The first-order chi connectivity index (χ1) is 57.3. The van der Waals surface area contributed by atoms with E-state index in [-0.39, 0.29) is 107 Å². The fourth-order valence-corrected chi connectivity index (χ4v) is 12.2. The average Bonchev–Trinajstić information content (AvgIpc) is 0.862. The third-order valence-corrected chi connectivity index (χ3v) is 19.0. The molecule has 0 saturated carbocycles. The van der Waals surface area contributed by atoms with Gasteiger partial charge >= 0.3 is 11.9 Å². The lowest BCUT2D eigenvalue weighted by molar-refractivity contribution is -0.143. The molecule has 0 fully saturated rings. The number of carbonyl (C=O) groups excluding carboxylic acids is 17. The van der Waals surface area contributed by atoms with E-state index in [1.807, 2.05) is 0 Å². The minimum Gasteiger partial charge on any atom is -0.481 e. The summed E-state index contributed by atoms with van der Waals surface area (Å²) in [6.07, 6.45) is -6.07. The van der Waals surface area contributed by atoms with Crippen molar-refractivity contribution >= 4 is 118 Å². The monoisotopic (exact) mass is 1760 g/mol. The maximum absolute atomic E-state index is 14.7. The van der Waals surface area contributed by atoms with Crippen LogP contribution in [0.25, 0.3) is 0 Å². The highest BCUT2D eigenvalue weighted by Crippen LogP contribution is 2.17. The second-order valence-corrected chi connectivity index (χ2v) is 32.6. The number of nitrogens with one attached hydrogen (secondary N) is 14. The van der Waals surface area contributed by atoms with Gasteiger partial charge in [-0.2, -0.15) is 0 Å². The zero-order chi connectivity index (χ0) is 94.4. The molecule has 0 heterocycles. The van der Waals surface area contributed by atoms with Gasteiger partial charge in [-0.25, -0.2) is 4.79 Å². The Morgan fingerprint density at radius 1 is 0.325 bits per heavy atom. The van der Waals surface area contributed by atoms with Gasteiger partial charge in [-0.1, -0.05) is 89.5 Å². The zero-order valence-electron chi connectivity index (χ0n) is 72.7. The molecule has 0 aliphatic rings. The van der Waals surface area contributed by atoms with Crippen molar-refractivity contribution < 1.29 is 117 Å². The van der Waals surface area contributed by atoms with Crippen molar-refractivity contribution in [3.8, 4) is 0 Å². The van der Waals surface area contributed by atoms with Gasteiger partial charge in [0.1, 0.15) is 90.6 Å². The number of nitrogens with two attached hydrogens (primary N) is 7. The normalized spacial score (nSPS) is 15.5. The van der Waals surface area contributed by atoms with Gasteiger partial charge in [0.15, 0.2) is 5.96 Å². The molecule has 0 aliphatic carbocycles. The third-order valence-electron chi connectivity index (χ3n) is 19.0. The van der Waals surface area contributed by atoms with Crippen LogP contribution >= 0.6 is 0 Å². The van der Waals surface area contributed by atoms with E-state index >= 15 is 0 Å². The fourth-order valence-electron chi connectivity index (χ4n) is 12.2. The molecular weight excluding hydrogens is 1620 g/mol. The van der Waals surface area contributed by atoms with Gasteiger partial charge in [-0.3, -0.25) is 91.3 Å². The predicted octanol–water partition coefficient (Wildman–Crippen LogP) is -7.72. The van der Waals surface area contributed by atoms with Gasteiger partial charge in [0, 0.05) is 25.8 Å². The van der Waals surface area contributed by atoms with Crippen LogP contribution in [0.4, 0.5) is 0 Å². The van der Waals surface area contributed by atoms with Crippen molar-refractivity contribution in [1.29, 1.82) is 0 Å². The Morgan fingerprint density at radius 2 is 0.602 bits per heavy atom. The number of unbranched alkanes of at least 4 members (excludes halogenated alkanes) is 1. The van der Waals surface area contributed by atoms with Crippen molar-refractivity contribution in [2.75, 3.05) is 26.3 Å². The van der Waals surface area contributed by atoms with Crippen molar-refractivity contribution in [1.82, 2.24) is 74.4 Å². The lowest BCUT2D eigenvalue weighted by atomic mass is 9.96. The predicted molar refractivity (Wildman–Crippen MR) is 446 cm³/mol. The van der Waals surface area contributed by atoms with Crippen LogP contribution in [0.15, 0.2) is 4.99 Å². The molecule has 0 aromatic rings. The van der Waals surface area contributed by atoms with Crippen LogP contribution in [0.2, 0.25) is 0 Å². The van der Waals surface area contributed by atoms with E-state index in [2.05, 4.69) is 79.4 Å². The molecule has 123 heavy (non-hydrogen) atoms. The number of aliphatic carboxylic acids is 2. The van der Waals surface area contributed by atoms with E-state index < -0.39 is 285 Å². The van der Waals surface area contributed by atoms with Gasteiger partial charge in [0.05, 0.1) is 25.7 Å². The number of guanidine groups is 1. The average molecular weight is 1760 g/mol. The number of aliphatic imine (C=N–C) groups is 1. The zero-order valence-corrected chi connectivity index (χ0v) is 72.7. The fraction of sp³-hybridized carbons (Fsp3) is 0.740. The van der Waals surface area contributed by atoms with E-state index in [4.69, 9.17) is 40.1 Å². The second-order valence-electron chi connectivity index (χ2n) is 32.6. The molecule has 0 aliphatic heterocycles. The largest absolute Gasteiger partial charge is 0.481 e. The number of aliphatic hydroxyl groups is 3. The lowest BCUT2D eigenvalue weighted by Gasteiger charge is -2.30. The number of primary amides is 3. The molecule has 0 aromatic heterocycles. The first-order valence-electron chi connectivity index (χ1n) is 41.3. The molecule has 700 valence electrons. The summed E-state index contributed by atoms with van der Waals surface area (Å²) in [6, 6.07) is -24.4. The summed E-state index contributed by atoms with van der Waals surface area (Å²) in [5.41, 5.74) is 38.8. The van der Waals surface area contributed by atoms with Crippen molar-refractivity contribution in [3.63, 3.8) is 0 Å². The van der Waals surface area contributed by atoms with Gasteiger partial charge in [-0.15, -0.1) is 0 Å². The van der Waals surface area contributed by atoms with Gasteiger partial charge in [0.25, 0.3) is 0 Å². The summed E-state index contributed by atoms with van der Waals surface area (Å²) in [4.78, 5) is 262.